The Morgan fingerprint density at radius 3 is 2.46 bits per heavy atom. The van der Waals surface area contributed by atoms with Crippen LogP contribution in [0.2, 0.25) is 0 Å². The van der Waals surface area contributed by atoms with E-state index in [0.717, 1.165) is 36.8 Å². The Morgan fingerprint density at radius 1 is 1.04 bits per heavy atom. The summed E-state index contributed by atoms with van der Waals surface area (Å²) in [6.07, 6.45) is 0.929. The first-order valence-corrected chi connectivity index (χ1v) is 8.98. The molecule has 2 aromatic carbocycles. The maximum Gasteiger partial charge on any atom is 0.164 e. The molecule has 3 rings (SSSR count). The summed E-state index contributed by atoms with van der Waals surface area (Å²) >= 11 is 0. The number of hydrogen-bond acceptors (Lipinski definition) is 5. The van der Waals surface area contributed by atoms with E-state index in [1.807, 2.05) is 32.3 Å². The zero-order valence-corrected chi connectivity index (χ0v) is 16.0. The number of nitrogens with one attached hydrogen (secondary N) is 1. The van der Waals surface area contributed by atoms with E-state index in [0.29, 0.717) is 6.61 Å². The average Bonchev–Trinajstić information content (AvgIpc) is 2.66. The third kappa shape index (κ3) is 3.94. The van der Waals surface area contributed by atoms with Gasteiger partial charge in [-0.3, -0.25) is 0 Å². The molecule has 2 aromatic rings. The molecule has 0 aliphatic carbocycles. The molecular formula is C21H28N2O3. The predicted octanol–water partition coefficient (Wildman–Crippen LogP) is 2.88. The van der Waals surface area contributed by atoms with Crippen LogP contribution in [0.25, 0.3) is 0 Å². The van der Waals surface area contributed by atoms with Crippen molar-refractivity contribution in [3.8, 4) is 17.2 Å². The Kier molecular flexibility index (Phi) is 6.01. The van der Waals surface area contributed by atoms with Gasteiger partial charge in [-0.15, -0.1) is 0 Å². The second kappa shape index (κ2) is 8.43. The molecule has 0 amide bonds. The van der Waals surface area contributed by atoms with Crippen LogP contribution in [0.3, 0.4) is 0 Å². The van der Waals surface area contributed by atoms with Gasteiger partial charge in [-0.05, 0) is 49.8 Å². The van der Waals surface area contributed by atoms with Crippen molar-refractivity contribution in [2.45, 2.75) is 12.5 Å². The van der Waals surface area contributed by atoms with Crippen molar-refractivity contribution in [1.82, 2.24) is 10.2 Å². The van der Waals surface area contributed by atoms with E-state index in [1.54, 1.807) is 14.2 Å². The maximum atomic E-state index is 5.80. The first-order valence-electron chi connectivity index (χ1n) is 8.98. The molecule has 0 aromatic heterocycles. The van der Waals surface area contributed by atoms with Crippen LogP contribution in [-0.2, 0) is 6.42 Å². The smallest absolute Gasteiger partial charge is 0.164 e. The van der Waals surface area contributed by atoms with Crippen molar-refractivity contribution in [3.05, 3.63) is 53.1 Å². The first-order chi connectivity index (χ1) is 12.6. The number of ether oxygens (including phenoxy) is 3. The summed E-state index contributed by atoms with van der Waals surface area (Å²) in [4.78, 5) is 2.11. The number of rotatable bonds is 7. The van der Waals surface area contributed by atoms with E-state index >= 15 is 0 Å². The number of fused-ring (bicyclic) bond motifs is 1. The number of nitrogens with zero attached hydrogens (tertiary/aromatic N) is 1. The lowest BCUT2D eigenvalue weighted by Gasteiger charge is -2.29. The molecule has 1 aliphatic rings. The average molecular weight is 356 g/mol. The molecule has 26 heavy (non-hydrogen) atoms. The highest BCUT2D eigenvalue weighted by Gasteiger charge is 2.25. The highest BCUT2D eigenvalue weighted by molar-refractivity contribution is 5.54. The molecule has 1 heterocycles. The number of hydrogen-bond donors (Lipinski definition) is 1. The molecular weight excluding hydrogens is 328 g/mol. The monoisotopic (exact) mass is 356 g/mol. The fourth-order valence-electron chi connectivity index (χ4n) is 3.39. The summed E-state index contributed by atoms with van der Waals surface area (Å²) in [6, 6.07) is 12.6. The highest BCUT2D eigenvalue weighted by atomic mass is 16.5. The van der Waals surface area contributed by atoms with E-state index in [2.05, 4.69) is 28.4 Å². The van der Waals surface area contributed by atoms with Crippen LogP contribution >= 0.6 is 0 Å². The van der Waals surface area contributed by atoms with Gasteiger partial charge in [-0.2, -0.15) is 0 Å². The fourth-order valence-corrected chi connectivity index (χ4v) is 3.39. The lowest BCUT2D eigenvalue weighted by Crippen LogP contribution is -2.31. The molecule has 0 bridgehead atoms. The van der Waals surface area contributed by atoms with Gasteiger partial charge in [0.15, 0.2) is 11.5 Å². The minimum absolute atomic E-state index is 0.148. The van der Waals surface area contributed by atoms with Gasteiger partial charge in [0.05, 0.1) is 20.3 Å². The van der Waals surface area contributed by atoms with E-state index in [1.165, 1.54) is 16.7 Å². The molecule has 1 N–H and O–H groups in total. The van der Waals surface area contributed by atoms with Crippen molar-refractivity contribution < 1.29 is 14.2 Å². The molecule has 5 heteroatoms. The van der Waals surface area contributed by atoms with Crippen molar-refractivity contribution in [2.75, 3.05) is 48.0 Å². The normalized spacial score (nSPS) is 16.3. The van der Waals surface area contributed by atoms with Crippen LogP contribution in [0.15, 0.2) is 36.4 Å². The van der Waals surface area contributed by atoms with Gasteiger partial charge < -0.3 is 24.4 Å². The molecule has 5 nitrogen and oxygen atoms in total. The molecule has 140 valence electrons. The molecule has 1 atom stereocenters. The molecule has 1 unspecified atom stereocenters. The number of methoxy groups -OCH3 is 2. The second-order valence-electron chi connectivity index (χ2n) is 6.73. The van der Waals surface area contributed by atoms with E-state index in [-0.39, 0.29) is 6.04 Å². The summed E-state index contributed by atoms with van der Waals surface area (Å²) in [5.41, 5.74) is 3.69. The van der Waals surface area contributed by atoms with Crippen LogP contribution in [0, 0.1) is 0 Å². The SMILES string of the molecule is COc1ccc2c(c1OC)CCNC2c1ccc(OCCN(C)C)cc1. The Labute approximate surface area is 155 Å². The molecule has 0 radical (unpaired) electrons. The largest absolute Gasteiger partial charge is 0.493 e. The van der Waals surface area contributed by atoms with Crippen LogP contribution in [0.5, 0.6) is 17.2 Å². The van der Waals surface area contributed by atoms with E-state index < -0.39 is 0 Å². The second-order valence-corrected chi connectivity index (χ2v) is 6.73. The zero-order valence-electron chi connectivity index (χ0n) is 16.0. The summed E-state index contributed by atoms with van der Waals surface area (Å²) in [7, 11) is 7.47. The van der Waals surface area contributed by atoms with Crippen molar-refractivity contribution >= 4 is 0 Å². The Hall–Kier alpha value is -2.24. The number of likely N-dealkylation sites (N-methyl/N-ethyl adjacent to an activating group) is 1. The zero-order chi connectivity index (χ0) is 18.5. The van der Waals surface area contributed by atoms with Gasteiger partial charge in [0, 0.05) is 18.7 Å². The topological polar surface area (TPSA) is 43.0 Å². The summed E-state index contributed by atoms with van der Waals surface area (Å²) in [5, 5.41) is 3.61. The predicted molar refractivity (Wildman–Crippen MR) is 104 cm³/mol. The third-order valence-electron chi connectivity index (χ3n) is 4.74. The van der Waals surface area contributed by atoms with Crippen LogP contribution in [-0.4, -0.2) is 52.9 Å². The Morgan fingerprint density at radius 2 is 1.81 bits per heavy atom. The molecule has 0 spiro atoms. The van der Waals surface area contributed by atoms with Crippen LogP contribution in [0.1, 0.15) is 22.7 Å². The van der Waals surface area contributed by atoms with E-state index in [4.69, 9.17) is 14.2 Å². The first kappa shape index (κ1) is 18.5. The Balaban J connectivity index is 1.81. The third-order valence-corrected chi connectivity index (χ3v) is 4.74. The van der Waals surface area contributed by atoms with Gasteiger partial charge in [0.2, 0.25) is 0 Å². The Bertz CT molecular complexity index is 729. The van der Waals surface area contributed by atoms with Gasteiger partial charge in [-0.1, -0.05) is 18.2 Å². The lowest BCUT2D eigenvalue weighted by atomic mass is 9.89. The van der Waals surface area contributed by atoms with Crippen molar-refractivity contribution in [3.63, 3.8) is 0 Å². The molecule has 1 aliphatic heterocycles. The molecule has 0 fully saturated rings. The van der Waals surface area contributed by atoms with Gasteiger partial charge in [0.25, 0.3) is 0 Å². The number of benzene rings is 2. The maximum absolute atomic E-state index is 5.80. The van der Waals surface area contributed by atoms with Gasteiger partial charge in [0.1, 0.15) is 12.4 Å². The van der Waals surface area contributed by atoms with Crippen LogP contribution in [0.4, 0.5) is 0 Å². The molecule has 0 saturated heterocycles. The van der Waals surface area contributed by atoms with Gasteiger partial charge in [-0.25, -0.2) is 0 Å². The van der Waals surface area contributed by atoms with Crippen molar-refractivity contribution in [2.24, 2.45) is 0 Å². The summed E-state index contributed by atoms with van der Waals surface area (Å²) in [6.45, 7) is 2.50. The van der Waals surface area contributed by atoms with Crippen molar-refractivity contribution in [1.29, 1.82) is 0 Å². The van der Waals surface area contributed by atoms with E-state index in [9.17, 15) is 0 Å². The minimum Gasteiger partial charge on any atom is -0.493 e. The van der Waals surface area contributed by atoms with Crippen LogP contribution < -0.4 is 19.5 Å². The summed E-state index contributed by atoms with van der Waals surface area (Å²) in [5.74, 6) is 2.54. The lowest BCUT2D eigenvalue weighted by molar-refractivity contribution is 0.261. The fraction of sp³-hybridized carbons (Fsp3) is 0.429. The summed E-state index contributed by atoms with van der Waals surface area (Å²) < 4.78 is 16.9. The quantitative estimate of drug-likeness (QED) is 0.826. The standard InChI is InChI=1S/C21H28N2O3/c1-23(2)13-14-26-16-7-5-15(6-8-16)20-17-9-10-19(24-3)21(25-4)18(17)11-12-22-20/h5-10,20,22H,11-14H2,1-4H3. The minimum atomic E-state index is 0.148. The van der Waals surface area contributed by atoms with Gasteiger partial charge >= 0.3 is 0 Å². The molecule has 0 saturated carbocycles. The highest BCUT2D eigenvalue weighted by Crippen LogP contribution is 2.39.